The van der Waals surface area contributed by atoms with Crippen LogP contribution in [0.3, 0.4) is 0 Å². The van der Waals surface area contributed by atoms with Gasteiger partial charge in [-0.3, -0.25) is 19.6 Å². The van der Waals surface area contributed by atoms with Crippen LogP contribution in [0.2, 0.25) is 0 Å². The van der Waals surface area contributed by atoms with Crippen LogP contribution in [0.25, 0.3) is 11.3 Å². The number of imidazole rings is 1. The van der Waals surface area contributed by atoms with Crippen molar-refractivity contribution in [2.24, 2.45) is 0 Å². The lowest BCUT2D eigenvalue weighted by molar-refractivity contribution is -0.137. The maximum absolute atomic E-state index is 13.8. The van der Waals surface area contributed by atoms with E-state index in [0.29, 0.717) is 30.0 Å². The molecule has 4 heterocycles. The van der Waals surface area contributed by atoms with Gasteiger partial charge in [-0.15, -0.1) is 5.53 Å². The van der Waals surface area contributed by atoms with E-state index < -0.39 is 17.6 Å². The number of piperazine rings is 1. The fourth-order valence-electron chi connectivity index (χ4n) is 5.01. The highest BCUT2D eigenvalue weighted by Gasteiger charge is 2.32. The number of fused-ring (bicyclic) bond motifs is 1. The zero-order valence-corrected chi connectivity index (χ0v) is 22.5. The van der Waals surface area contributed by atoms with Crippen LogP contribution in [-0.2, 0) is 6.18 Å². The number of pyridine rings is 1. The van der Waals surface area contributed by atoms with Crippen LogP contribution >= 0.6 is 0 Å². The zero-order valence-electron chi connectivity index (χ0n) is 22.5. The molecule has 1 fully saturated rings. The Bertz CT molecular complexity index is 1640. The van der Waals surface area contributed by atoms with Gasteiger partial charge in [0, 0.05) is 49.3 Å². The molecule has 3 N–H and O–H groups in total. The second-order valence-electron chi connectivity index (χ2n) is 10.2. The van der Waals surface area contributed by atoms with E-state index in [1.165, 1.54) is 0 Å². The Balaban J connectivity index is 1.25. The number of rotatable bonds is 5. The molecule has 0 bridgehead atoms. The van der Waals surface area contributed by atoms with Gasteiger partial charge < -0.3 is 15.1 Å². The van der Waals surface area contributed by atoms with Crippen molar-refractivity contribution in [3.8, 4) is 0 Å². The highest BCUT2D eigenvalue weighted by atomic mass is 19.4. The average molecular weight is 563 g/mol. The van der Waals surface area contributed by atoms with E-state index in [9.17, 15) is 18.0 Å². The number of halogens is 3. The summed E-state index contributed by atoms with van der Waals surface area (Å²) in [5.41, 5.74) is 10.3. The Morgan fingerprint density at radius 3 is 2.61 bits per heavy atom. The fourth-order valence-corrected chi connectivity index (χ4v) is 5.01. The van der Waals surface area contributed by atoms with Gasteiger partial charge >= 0.3 is 6.18 Å². The highest BCUT2D eigenvalue weighted by molar-refractivity contribution is 6.05. The normalized spacial score (nSPS) is 16.2. The number of aryl methyl sites for hydroxylation is 1. The molecule has 41 heavy (non-hydrogen) atoms. The van der Waals surface area contributed by atoms with Crippen LogP contribution in [-0.4, -0.2) is 53.4 Å². The van der Waals surface area contributed by atoms with E-state index in [1.54, 1.807) is 35.5 Å². The zero-order chi connectivity index (χ0) is 28.7. The van der Waals surface area contributed by atoms with Crippen molar-refractivity contribution < 1.29 is 18.0 Å². The molecule has 0 atom stereocenters. The van der Waals surface area contributed by atoms with Crippen LogP contribution in [0.4, 0.5) is 30.2 Å². The molecule has 0 saturated carbocycles. The Labute approximate surface area is 234 Å². The van der Waals surface area contributed by atoms with Crippen molar-refractivity contribution in [3.05, 3.63) is 95.6 Å². The summed E-state index contributed by atoms with van der Waals surface area (Å²) in [4.78, 5) is 21.7. The van der Waals surface area contributed by atoms with Gasteiger partial charge in [0.05, 0.1) is 35.0 Å². The molecule has 1 amide bonds. The smallest absolute Gasteiger partial charge is 0.369 e. The number of nitrogens with one attached hydrogen (secondary N) is 3. The number of hydrazine groups is 2. The predicted molar refractivity (Wildman–Crippen MR) is 152 cm³/mol. The van der Waals surface area contributed by atoms with E-state index in [0.717, 1.165) is 47.8 Å². The molecule has 6 rings (SSSR count). The van der Waals surface area contributed by atoms with Gasteiger partial charge in [0.15, 0.2) is 0 Å². The van der Waals surface area contributed by atoms with Crippen molar-refractivity contribution >= 4 is 34.3 Å². The minimum absolute atomic E-state index is 0.0941. The van der Waals surface area contributed by atoms with Gasteiger partial charge in [-0.1, -0.05) is 12.1 Å². The molecule has 0 spiro atoms. The third-order valence-corrected chi connectivity index (χ3v) is 7.36. The minimum Gasteiger partial charge on any atom is -0.369 e. The Morgan fingerprint density at radius 1 is 1.02 bits per heavy atom. The molecule has 9 nitrogen and oxygen atoms in total. The number of carbonyl (C=O) groups is 1. The summed E-state index contributed by atoms with van der Waals surface area (Å²) in [6, 6.07) is 14.6. The van der Waals surface area contributed by atoms with Gasteiger partial charge in [-0.05, 0) is 62.0 Å². The van der Waals surface area contributed by atoms with Crippen LogP contribution in [0, 0.1) is 6.92 Å². The van der Waals surface area contributed by atoms with Crippen molar-refractivity contribution in [2.75, 3.05) is 48.5 Å². The Morgan fingerprint density at radius 2 is 1.83 bits per heavy atom. The van der Waals surface area contributed by atoms with E-state index in [-0.39, 0.29) is 5.69 Å². The molecule has 2 aliphatic heterocycles. The second-order valence-corrected chi connectivity index (χ2v) is 10.2. The van der Waals surface area contributed by atoms with Crippen LogP contribution in [0.15, 0.2) is 73.2 Å². The molecule has 4 aromatic rings. The molecular formula is C29H29F3N8O. The molecule has 0 aliphatic carbocycles. The summed E-state index contributed by atoms with van der Waals surface area (Å²) in [6.45, 7) is 4.61. The van der Waals surface area contributed by atoms with E-state index in [1.807, 2.05) is 53.9 Å². The summed E-state index contributed by atoms with van der Waals surface area (Å²) in [5, 5.41) is 4.44. The lowest BCUT2D eigenvalue weighted by atomic mass is 10.1. The van der Waals surface area contributed by atoms with Gasteiger partial charge in [0.25, 0.3) is 5.91 Å². The Kier molecular flexibility index (Phi) is 6.80. The number of hydrogen-bond acceptors (Lipinski definition) is 7. The topological polar surface area (TPSA) is 80.2 Å². The van der Waals surface area contributed by atoms with Gasteiger partial charge in [-0.2, -0.15) is 13.2 Å². The lowest BCUT2D eigenvalue weighted by Crippen LogP contribution is -2.44. The first-order valence-electron chi connectivity index (χ1n) is 13.2. The van der Waals surface area contributed by atoms with E-state index >= 15 is 0 Å². The van der Waals surface area contributed by atoms with Gasteiger partial charge in [-0.25, -0.2) is 4.98 Å². The molecule has 1 saturated heterocycles. The SMILES string of the molecule is Cc1ccc(C(=O)Nc2cc(N3CCN(C)CC3)cc(C(F)(F)F)c2)cc1N1C=C(c2cnc3ccccn23)NN1. The van der Waals surface area contributed by atoms with Crippen LogP contribution < -0.4 is 26.2 Å². The number of benzene rings is 2. The van der Waals surface area contributed by atoms with Gasteiger partial charge in [0.1, 0.15) is 5.65 Å². The molecule has 12 heteroatoms. The molecule has 0 radical (unpaired) electrons. The predicted octanol–water partition coefficient (Wildman–Crippen LogP) is 4.49. The summed E-state index contributed by atoms with van der Waals surface area (Å²) < 4.78 is 43.2. The van der Waals surface area contributed by atoms with Crippen molar-refractivity contribution in [1.29, 1.82) is 0 Å². The van der Waals surface area contributed by atoms with Crippen LogP contribution in [0.5, 0.6) is 0 Å². The third kappa shape index (κ3) is 5.43. The number of amides is 1. The number of aromatic nitrogens is 2. The van der Waals surface area contributed by atoms with Crippen LogP contribution in [0.1, 0.15) is 27.2 Å². The van der Waals surface area contributed by atoms with E-state index in [4.69, 9.17) is 0 Å². The highest BCUT2D eigenvalue weighted by Crippen LogP contribution is 2.35. The molecule has 212 valence electrons. The number of likely N-dealkylation sites (N-methyl/N-ethyl adjacent to an activating group) is 1. The number of alkyl halides is 3. The Hall–Kier alpha value is -4.55. The fraction of sp³-hybridized carbons (Fsp3) is 0.241. The first-order valence-corrected chi connectivity index (χ1v) is 13.2. The van der Waals surface area contributed by atoms with Crippen molar-refractivity contribution in [2.45, 2.75) is 13.1 Å². The lowest BCUT2D eigenvalue weighted by Gasteiger charge is -2.34. The number of nitrogens with zero attached hydrogens (tertiary/aromatic N) is 5. The number of anilines is 3. The van der Waals surface area contributed by atoms with Crippen molar-refractivity contribution in [3.63, 3.8) is 0 Å². The number of hydrogen-bond donors (Lipinski definition) is 3. The molecule has 2 aromatic carbocycles. The summed E-state index contributed by atoms with van der Waals surface area (Å²) in [7, 11) is 1.98. The molecule has 2 aromatic heterocycles. The minimum atomic E-state index is -4.54. The first-order chi connectivity index (χ1) is 19.7. The number of carbonyl (C=O) groups excluding carboxylic acids is 1. The van der Waals surface area contributed by atoms with E-state index in [2.05, 4.69) is 26.2 Å². The maximum atomic E-state index is 13.8. The monoisotopic (exact) mass is 562 g/mol. The maximum Gasteiger partial charge on any atom is 0.416 e. The summed E-state index contributed by atoms with van der Waals surface area (Å²) >= 11 is 0. The summed E-state index contributed by atoms with van der Waals surface area (Å²) in [6.07, 6.45) is 0.998. The molecular weight excluding hydrogens is 533 g/mol. The standard InChI is InChI=1S/C29H29F3N8O/c1-19-6-7-20(13-25(19)40-18-24(35-36-40)26-17-33-27-5-3-4-8-39(26)27)28(41)34-22-14-21(29(30,31)32)15-23(16-22)38-11-9-37(2)10-12-38/h3-8,13-18,35-36H,9-12H2,1-2H3,(H,34,41). The van der Waals surface area contributed by atoms with Gasteiger partial charge in [0.2, 0.25) is 0 Å². The molecule has 2 aliphatic rings. The second kappa shape index (κ2) is 10.5. The first kappa shape index (κ1) is 26.7. The average Bonchev–Trinajstić information content (AvgIpc) is 3.60. The third-order valence-electron chi connectivity index (χ3n) is 7.36. The largest absolute Gasteiger partial charge is 0.416 e. The summed E-state index contributed by atoms with van der Waals surface area (Å²) in [5.74, 6) is -0.506. The van der Waals surface area contributed by atoms with Crippen molar-refractivity contribution in [1.82, 2.24) is 25.2 Å². The quantitative estimate of drug-likeness (QED) is 0.331. The molecule has 0 unspecified atom stereocenters.